The summed E-state index contributed by atoms with van der Waals surface area (Å²) in [6.45, 7) is 8.56. The predicted molar refractivity (Wildman–Crippen MR) is 70.9 cm³/mol. The summed E-state index contributed by atoms with van der Waals surface area (Å²) >= 11 is 0. The molecular formula is C15H21NO2. The summed E-state index contributed by atoms with van der Waals surface area (Å²) in [4.78, 5) is 16.6. The SMILES string of the molecule is CCOC(=O)c1ccc(C2(C)CC2)nc1C(C)C. The minimum absolute atomic E-state index is 0.228. The van der Waals surface area contributed by atoms with Crippen molar-refractivity contribution >= 4 is 5.97 Å². The van der Waals surface area contributed by atoms with Crippen LogP contribution in [0.4, 0.5) is 0 Å². The fraction of sp³-hybridized carbons (Fsp3) is 0.600. The normalized spacial score (nSPS) is 16.7. The number of hydrogen-bond acceptors (Lipinski definition) is 3. The van der Waals surface area contributed by atoms with Crippen LogP contribution in [0.5, 0.6) is 0 Å². The maximum absolute atomic E-state index is 11.9. The topological polar surface area (TPSA) is 39.2 Å². The van der Waals surface area contributed by atoms with Crippen molar-refractivity contribution in [1.82, 2.24) is 4.98 Å². The van der Waals surface area contributed by atoms with Crippen molar-refractivity contribution in [2.45, 2.75) is 51.9 Å². The second-order valence-electron chi connectivity index (χ2n) is 5.57. The van der Waals surface area contributed by atoms with Crippen LogP contribution < -0.4 is 0 Å². The summed E-state index contributed by atoms with van der Waals surface area (Å²) in [6, 6.07) is 3.85. The summed E-state index contributed by atoms with van der Waals surface area (Å²) in [6.07, 6.45) is 2.38. The lowest BCUT2D eigenvalue weighted by Gasteiger charge is -2.15. The molecule has 1 aliphatic rings. The van der Waals surface area contributed by atoms with Gasteiger partial charge in [0.2, 0.25) is 0 Å². The summed E-state index contributed by atoms with van der Waals surface area (Å²) < 4.78 is 5.08. The number of ether oxygens (including phenoxy) is 1. The number of hydrogen-bond donors (Lipinski definition) is 0. The fourth-order valence-electron chi connectivity index (χ4n) is 2.08. The van der Waals surface area contributed by atoms with Crippen molar-refractivity contribution in [3.63, 3.8) is 0 Å². The molecule has 1 fully saturated rings. The molecule has 0 aromatic carbocycles. The predicted octanol–water partition coefficient (Wildman–Crippen LogP) is 3.43. The Bertz CT molecular complexity index is 462. The van der Waals surface area contributed by atoms with Crippen LogP contribution in [0.15, 0.2) is 12.1 Å². The standard InChI is InChI=1S/C15H21NO2/c1-5-18-14(17)11-6-7-12(15(4)8-9-15)16-13(11)10(2)3/h6-7,10H,5,8-9H2,1-4H3. The molecule has 1 aromatic heterocycles. The summed E-state index contributed by atoms with van der Waals surface area (Å²) in [7, 11) is 0. The van der Waals surface area contributed by atoms with Crippen molar-refractivity contribution in [2.75, 3.05) is 6.61 Å². The average Bonchev–Trinajstić information content (AvgIpc) is 3.08. The summed E-state index contributed by atoms with van der Waals surface area (Å²) in [5.41, 5.74) is 2.81. The highest BCUT2D eigenvalue weighted by Crippen LogP contribution is 2.47. The molecule has 0 spiro atoms. The zero-order valence-corrected chi connectivity index (χ0v) is 11.6. The number of pyridine rings is 1. The van der Waals surface area contributed by atoms with Gasteiger partial charge in [0.05, 0.1) is 17.9 Å². The number of nitrogens with zero attached hydrogens (tertiary/aromatic N) is 1. The molecule has 2 rings (SSSR count). The number of rotatable bonds is 4. The van der Waals surface area contributed by atoms with Gasteiger partial charge in [-0.15, -0.1) is 0 Å². The van der Waals surface area contributed by atoms with E-state index in [9.17, 15) is 4.79 Å². The van der Waals surface area contributed by atoms with Crippen molar-refractivity contribution in [3.8, 4) is 0 Å². The van der Waals surface area contributed by atoms with Crippen LogP contribution in [0.25, 0.3) is 0 Å². The summed E-state index contributed by atoms with van der Waals surface area (Å²) in [5.74, 6) is -0.0343. The minimum Gasteiger partial charge on any atom is -0.462 e. The molecular weight excluding hydrogens is 226 g/mol. The van der Waals surface area contributed by atoms with Gasteiger partial charge in [0, 0.05) is 11.1 Å². The lowest BCUT2D eigenvalue weighted by molar-refractivity contribution is 0.0524. The quantitative estimate of drug-likeness (QED) is 0.765. The van der Waals surface area contributed by atoms with E-state index < -0.39 is 0 Å². The van der Waals surface area contributed by atoms with Crippen molar-refractivity contribution < 1.29 is 9.53 Å². The van der Waals surface area contributed by atoms with Crippen LogP contribution >= 0.6 is 0 Å². The van der Waals surface area contributed by atoms with Crippen molar-refractivity contribution in [3.05, 3.63) is 29.1 Å². The second kappa shape index (κ2) is 4.71. The highest BCUT2D eigenvalue weighted by molar-refractivity contribution is 5.90. The first-order chi connectivity index (χ1) is 8.48. The largest absolute Gasteiger partial charge is 0.462 e. The Morgan fingerprint density at radius 1 is 1.44 bits per heavy atom. The Morgan fingerprint density at radius 2 is 2.11 bits per heavy atom. The van der Waals surface area contributed by atoms with E-state index in [4.69, 9.17) is 9.72 Å². The molecule has 18 heavy (non-hydrogen) atoms. The Morgan fingerprint density at radius 3 is 2.61 bits per heavy atom. The summed E-state index contributed by atoms with van der Waals surface area (Å²) in [5, 5.41) is 0. The Kier molecular flexibility index (Phi) is 3.42. The molecule has 3 nitrogen and oxygen atoms in total. The molecule has 0 saturated heterocycles. The van der Waals surface area contributed by atoms with Gasteiger partial charge in [-0.25, -0.2) is 4.79 Å². The first kappa shape index (κ1) is 13.1. The molecule has 0 atom stereocenters. The third-order valence-corrected chi connectivity index (χ3v) is 3.59. The molecule has 1 saturated carbocycles. The molecule has 3 heteroatoms. The lowest BCUT2D eigenvalue weighted by Crippen LogP contribution is -2.14. The number of esters is 1. The van der Waals surface area contributed by atoms with E-state index in [1.54, 1.807) is 0 Å². The smallest absolute Gasteiger partial charge is 0.339 e. The van der Waals surface area contributed by atoms with Gasteiger partial charge >= 0.3 is 5.97 Å². The van der Waals surface area contributed by atoms with Crippen LogP contribution in [0, 0.1) is 0 Å². The molecule has 0 aliphatic heterocycles. The van der Waals surface area contributed by atoms with Crippen LogP contribution in [0.3, 0.4) is 0 Å². The zero-order chi connectivity index (χ0) is 13.3. The first-order valence-corrected chi connectivity index (χ1v) is 6.66. The molecule has 1 heterocycles. The number of carbonyl (C=O) groups is 1. The Balaban J connectivity index is 2.38. The monoisotopic (exact) mass is 247 g/mol. The van der Waals surface area contributed by atoms with Gasteiger partial charge in [0.15, 0.2) is 0 Å². The first-order valence-electron chi connectivity index (χ1n) is 6.66. The third-order valence-electron chi connectivity index (χ3n) is 3.59. The number of carbonyl (C=O) groups excluding carboxylic acids is 1. The van der Waals surface area contributed by atoms with E-state index in [0.717, 1.165) is 11.4 Å². The van der Waals surface area contributed by atoms with E-state index in [1.807, 2.05) is 19.1 Å². The molecule has 0 amide bonds. The maximum Gasteiger partial charge on any atom is 0.339 e. The highest BCUT2D eigenvalue weighted by atomic mass is 16.5. The van der Waals surface area contributed by atoms with Crippen LogP contribution in [-0.2, 0) is 10.2 Å². The van der Waals surface area contributed by atoms with E-state index in [2.05, 4.69) is 20.8 Å². The third kappa shape index (κ3) is 2.40. The minimum atomic E-state index is -0.263. The Hall–Kier alpha value is -1.38. The highest BCUT2D eigenvalue weighted by Gasteiger charge is 2.40. The molecule has 0 radical (unpaired) electrons. The zero-order valence-electron chi connectivity index (χ0n) is 11.6. The van der Waals surface area contributed by atoms with Crippen molar-refractivity contribution in [1.29, 1.82) is 0 Å². The van der Waals surface area contributed by atoms with Gasteiger partial charge in [-0.3, -0.25) is 4.98 Å². The van der Waals surface area contributed by atoms with E-state index in [0.29, 0.717) is 12.2 Å². The average molecular weight is 247 g/mol. The molecule has 0 N–H and O–H groups in total. The molecule has 98 valence electrons. The van der Waals surface area contributed by atoms with E-state index in [1.165, 1.54) is 12.8 Å². The van der Waals surface area contributed by atoms with Crippen LogP contribution in [0.2, 0.25) is 0 Å². The van der Waals surface area contributed by atoms with Gasteiger partial charge < -0.3 is 4.74 Å². The number of aromatic nitrogens is 1. The Labute approximate surface area is 109 Å². The van der Waals surface area contributed by atoms with E-state index >= 15 is 0 Å². The molecule has 1 aliphatic carbocycles. The van der Waals surface area contributed by atoms with Gasteiger partial charge in [0.25, 0.3) is 0 Å². The molecule has 1 aromatic rings. The second-order valence-corrected chi connectivity index (χ2v) is 5.57. The van der Waals surface area contributed by atoms with E-state index in [-0.39, 0.29) is 17.3 Å². The molecule has 0 bridgehead atoms. The van der Waals surface area contributed by atoms with Gasteiger partial charge in [-0.05, 0) is 37.8 Å². The van der Waals surface area contributed by atoms with Crippen LogP contribution in [0.1, 0.15) is 68.2 Å². The van der Waals surface area contributed by atoms with Gasteiger partial charge in [0.1, 0.15) is 0 Å². The van der Waals surface area contributed by atoms with Gasteiger partial charge in [-0.1, -0.05) is 20.8 Å². The van der Waals surface area contributed by atoms with Gasteiger partial charge in [-0.2, -0.15) is 0 Å². The van der Waals surface area contributed by atoms with Crippen LogP contribution in [-0.4, -0.2) is 17.6 Å². The maximum atomic E-state index is 11.9. The molecule has 0 unspecified atom stereocenters. The fourth-order valence-corrected chi connectivity index (χ4v) is 2.08. The lowest BCUT2D eigenvalue weighted by atomic mass is 9.99. The van der Waals surface area contributed by atoms with Crippen molar-refractivity contribution in [2.24, 2.45) is 0 Å².